The second-order valence-electron chi connectivity index (χ2n) is 5.09. The molecule has 0 aliphatic heterocycles. The molecule has 0 saturated heterocycles. The SMILES string of the molecule is CCC(NCCC1CCC1)c1ccc(O)cc1. The number of nitrogens with one attached hydrogen (secondary N) is 1. The molecule has 0 bridgehead atoms. The lowest BCUT2D eigenvalue weighted by atomic mass is 9.83. The van der Waals surface area contributed by atoms with Crippen LogP contribution in [0.1, 0.15) is 50.6 Å². The topological polar surface area (TPSA) is 32.3 Å². The minimum absolute atomic E-state index is 0.345. The van der Waals surface area contributed by atoms with Crippen LogP contribution in [0.4, 0.5) is 0 Å². The van der Waals surface area contributed by atoms with Crippen molar-refractivity contribution in [3.63, 3.8) is 0 Å². The van der Waals surface area contributed by atoms with Crippen molar-refractivity contribution >= 4 is 0 Å². The molecule has 1 atom stereocenters. The molecule has 2 rings (SSSR count). The first-order valence-corrected chi connectivity index (χ1v) is 6.82. The van der Waals surface area contributed by atoms with Gasteiger partial charge < -0.3 is 10.4 Å². The van der Waals surface area contributed by atoms with E-state index in [1.807, 2.05) is 12.1 Å². The Morgan fingerprint density at radius 3 is 2.53 bits per heavy atom. The number of hydrogen-bond acceptors (Lipinski definition) is 2. The van der Waals surface area contributed by atoms with Crippen molar-refractivity contribution in [3.05, 3.63) is 29.8 Å². The minimum Gasteiger partial charge on any atom is -0.508 e. The van der Waals surface area contributed by atoms with Crippen LogP contribution in [0.5, 0.6) is 5.75 Å². The maximum Gasteiger partial charge on any atom is 0.115 e. The molecule has 0 aromatic heterocycles. The van der Waals surface area contributed by atoms with Crippen LogP contribution in [0.2, 0.25) is 0 Å². The highest BCUT2D eigenvalue weighted by atomic mass is 16.3. The van der Waals surface area contributed by atoms with E-state index in [1.54, 1.807) is 12.1 Å². The largest absolute Gasteiger partial charge is 0.508 e. The molecule has 0 radical (unpaired) electrons. The van der Waals surface area contributed by atoms with Crippen LogP contribution in [0.15, 0.2) is 24.3 Å². The summed E-state index contributed by atoms with van der Waals surface area (Å²) in [5, 5.41) is 12.9. The lowest BCUT2D eigenvalue weighted by molar-refractivity contribution is 0.287. The van der Waals surface area contributed by atoms with Crippen LogP contribution in [-0.2, 0) is 0 Å². The first-order valence-electron chi connectivity index (χ1n) is 6.82. The van der Waals surface area contributed by atoms with Gasteiger partial charge in [0.25, 0.3) is 0 Å². The third kappa shape index (κ3) is 3.47. The van der Waals surface area contributed by atoms with E-state index in [4.69, 9.17) is 0 Å². The first-order chi connectivity index (χ1) is 8.29. The van der Waals surface area contributed by atoms with Gasteiger partial charge >= 0.3 is 0 Å². The predicted molar refractivity (Wildman–Crippen MR) is 71.1 cm³/mol. The van der Waals surface area contributed by atoms with Crippen molar-refractivity contribution in [3.8, 4) is 5.75 Å². The summed E-state index contributed by atoms with van der Waals surface area (Å²) >= 11 is 0. The molecule has 1 saturated carbocycles. The van der Waals surface area contributed by atoms with Gasteiger partial charge in [-0.15, -0.1) is 0 Å². The van der Waals surface area contributed by atoms with Gasteiger partial charge in [0.2, 0.25) is 0 Å². The quantitative estimate of drug-likeness (QED) is 0.786. The molecule has 2 heteroatoms. The zero-order valence-corrected chi connectivity index (χ0v) is 10.7. The van der Waals surface area contributed by atoms with E-state index in [0.29, 0.717) is 11.8 Å². The number of hydrogen-bond donors (Lipinski definition) is 2. The molecule has 17 heavy (non-hydrogen) atoms. The van der Waals surface area contributed by atoms with Gasteiger partial charge in [-0.05, 0) is 43.0 Å². The van der Waals surface area contributed by atoms with Gasteiger partial charge in [0.15, 0.2) is 0 Å². The molecule has 1 aromatic rings. The molecular weight excluding hydrogens is 210 g/mol. The van der Waals surface area contributed by atoms with E-state index in [1.165, 1.54) is 31.2 Å². The third-order valence-electron chi connectivity index (χ3n) is 3.87. The third-order valence-corrected chi connectivity index (χ3v) is 3.87. The van der Waals surface area contributed by atoms with E-state index in [2.05, 4.69) is 12.2 Å². The Morgan fingerprint density at radius 2 is 2.00 bits per heavy atom. The molecule has 94 valence electrons. The molecule has 0 spiro atoms. The average molecular weight is 233 g/mol. The van der Waals surface area contributed by atoms with Crippen LogP contribution >= 0.6 is 0 Å². The monoisotopic (exact) mass is 233 g/mol. The molecule has 1 aliphatic rings. The Balaban J connectivity index is 1.80. The van der Waals surface area contributed by atoms with Crippen molar-refractivity contribution in [2.45, 2.75) is 45.1 Å². The Kier molecular flexibility index (Phi) is 4.43. The molecule has 0 heterocycles. The molecule has 1 aromatic carbocycles. The fourth-order valence-corrected chi connectivity index (χ4v) is 2.45. The molecule has 1 fully saturated rings. The highest BCUT2D eigenvalue weighted by Crippen LogP contribution is 2.29. The minimum atomic E-state index is 0.345. The molecule has 1 aliphatic carbocycles. The smallest absolute Gasteiger partial charge is 0.115 e. The fourth-order valence-electron chi connectivity index (χ4n) is 2.45. The first kappa shape index (κ1) is 12.4. The number of benzene rings is 1. The van der Waals surface area contributed by atoms with E-state index >= 15 is 0 Å². The van der Waals surface area contributed by atoms with Gasteiger partial charge in [-0.25, -0.2) is 0 Å². The van der Waals surface area contributed by atoms with Crippen molar-refractivity contribution in [1.29, 1.82) is 0 Å². The second-order valence-corrected chi connectivity index (χ2v) is 5.09. The van der Waals surface area contributed by atoms with Crippen LogP contribution in [-0.4, -0.2) is 11.7 Å². The van der Waals surface area contributed by atoms with E-state index < -0.39 is 0 Å². The summed E-state index contributed by atoms with van der Waals surface area (Å²) in [6, 6.07) is 7.99. The van der Waals surface area contributed by atoms with Crippen molar-refractivity contribution in [2.24, 2.45) is 5.92 Å². The van der Waals surface area contributed by atoms with Gasteiger partial charge in [0.05, 0.1) is 0 Å². The standard InChI is InChI=1S/C15H23NO/c1-2-15(13-6-8-14(17)9-7-13)16-11-10-12-4-3-5-12/h6-9,12,15-17H,2-5,10-11H2,1H3. The van der Waals surface area contributed by atoms with Gasteiger partial charge in [-0.1, -0.05) is 38.3 Å². The highest BCUT2D eigenvalue weighted by Gasteiger charge is 2.17. The Hall–Kier alpha value is -1.02. The van der Waals surface area contributed by atoms with E-state index in [0.717, 1.165) is 18.9 Å². The maximum atomic E-state index is 9.28. The summed E-state index contributed by atoms with van der Waals surface area (Å²) in [6.45, 7) is 3.32. The molecular formula is C15H23NO. The fraction of sp³-hybridized carbons (Fsp3) is 0.600. The zero-order valence-electron chi connectivity index (χ0n) is 10.7. The number of phenolic OH excluding ortho intramolecular Hbond substituents is 1. The van der Waals surface area contributed by atoms with Gasteiger partial charge in [0.1, 0.15) is 5.75 Å². The number of aromatic hydroxyl groups is 1. The summed E-state index contributed by atoms with van der Waals surface area (Å²) < 4.78 is 0. The van der Waals surface area contributed by atoms with Gasteiger partial charge in [-0.3, -0.25) is 0 Å². The molecule has 2 nitrogen and oxygen atoms in total. The Morgan fingerprint density at radius 1 is 1.29 bits per heavy atom. The molecule has 2 N–H and O–H groups in total. The zero-order chi connectivity index (χ0) is 12.1. The second kappa shape index (κ2) is 6.06. The van der Waals surface area contributed by atoms with Gasteiger partial charge in [0, 0.05) is 6.04 Å². The predicted octanol–water partition coefficient (Wildman–Crippen LogP) is 3.62. The van der Waals surface area contributed by atoms with Crippen molar-refractivity contribution in [1.82, 2.24) is 5.32 Å². The lowest BCUT2D eigenvalue weighted by Gasteiger charge is -2.26. The van der Waals surface area contributed by atoms with Crippen LogP contribution in [0.25, 0.3) is 0 Å². The summed E-state index contributed by atoms with van der Waals surface area (Å²) in [7, 11) is 0. The van der Waals surface area contributed by atoms with Crippen LogP contribution in [0, 0.1) is 5.92 Å². The van der Waals surface area contributed by atoms with Crippen LogP contribution < -0.4 is 5.32 Å². The average Bonchev–Trinajstić information content (AvgIpc) is 2.29. The highest BCUT2D eigenvalue weighted by molar-refractivity contribution is 5.27. The maximum absolute atomic E-state index is 9.28. The van der Waals surface area contributed by atoms with Crippen molar-refractivity contribution in [2.75, 3.05) is 6.54 Å². The Labute approximate surface area is 104 Å². The summed E-state index contributed by atoms with van der Waals surface area (Å²) in [4.78, 5) is 0. The number of phenols is 1. The van der Waals surface area contributed by atoms with Crippen LogP contribution in [0.3, 0.4) is 0 Å². The summed E-state index contributed by atoms with van der Waals surface area (Å²) in [5.41, 5.74) is 1.28. The van der Waals surface area contributed by atoms with E-state index in [9.17, 15) is 5.11 Å². The number of rotatable bonds is 6. The Bertz CT molecular complexity index is 329. The van der Waals surface area contributed by atoms with Crippen molar-refractivity contribution < 1.29 is 5.11 Å². The lowest BCUT2D eigenvalue weighted by Crippen LogP contribution is -2.25. The molecule has 1 unspecified atom stereocenters. The normalized spacial score (nSPS) is 17.7. The summed E-state index contributed by atoms with van der Waals surface area (Å²) in [6.07, 6.45) is 6.69. The van der Waals surface area contributed by atoms with E-state index in [-0.39, 0.29) is 0 Å². The molecule has 0 amide bonds. The summed E-state index contributed by atoms with van der Waals surface area (Å²) in [5.74, 6) is 1.32. The van der Waals surface area contributed by atoms with Gasteiger partial charge in [-0.2, -0.15) is 0 Å².